The Kier molecular flexibility index (Phi) is 8.56. The van der Waals surface area contributed by atoms with Crippen LogP contribution < -0.4 is 0 Å². The topological polar surface area (TPSA) is 43.4 Å². The van der Waals surface area contributed by atoms with Crippen molar-refractivity contribution in [3.63, 3.8) is 0 Å². The highest BCUT2D eigenvalue weighted by Gasteiger charge is 2.29. The van der Waals surface area contributed by atoms with Crippen molar-refractivity contribution in [3.8, 4) is 0 Å². The number of hydrogen-bond donors (Lipinski definition) is 0. The number of hydrogen-bond acceptors (Lipinski definition) is 3. The molecule has 3 nitrogen and oxygen atoms in total. The second-order valence-corrected chi connectivity index (χ2v) is 10.7. The van der Waals surface area contributed by atoms with Gasteiger partial charge in [-0.15, -0.1) is 0 Å². The lowest BCUT2D eigenvalue weighted by atomic mass is 9.92. The maximum absolute atomic E-state index is 16.1. The van der Waals surface area contributed by atoms with Crippen molar-refractivity contribution < 1.29 is 18.1 Å². The summed E-state index contributed by atoms with van der Waals surface area (Å²) in [5.74, 6) is -1.26. The first kappa shape index (κ1) is 25.6. The lowest BCUT2D eigenvalue weighted by molar-refractivity contribution is -0.156. The van der Waals surface area contributed by atoms with Crippen LogP contribution >= 0.6 is 0 Å². The second-order valence-electron chi connectivity index (χ2n) is 9.25. The van der Waals surface area contributed by atoms with Gasteiger partial charge in [-0.25, -0.2) is 8.60 Å². The minimum atomic E-state index is -1.55. The lowest BCUT2D eigenvalue weighted by Crippen LogP contribution is -2.26. The lowest BCUT2D eigenvalue weighted by Gasteiger charge is -2.23. The van der Waals surface area contributed by atoms with E-state index in [9.17, 15) is 9.00 Å². The van der Waals surface area contributed by atoms with Gasteiger partial charge >= 0.3 is 5.97 Å². The maximum atomic E-state index is 16.1. The van der Waals surface area contributed by atoms with Gasteiger partial charge in [0.15, 0.2) is 0 Å². The van der Waals surface area contributed by atoms with Crippen LogP contribution in [0.25, 0.3) is 6.08 Å². The number of carbonyl (C=O) groups excluding carboxylic acids is 1. The molecule has 0 aromatic heterocycles. The van der Waals surface area contributed by atoms with Crippen LogP contribution in [0.3, 0.4) is 0 Å². The summed E-state index contributed by atoms with van der Waals surface area (Å²) in [6.45, 7) is 7.31. The summed E-state index contributed by atoms with van der Waals surface area (Å²) >= 11 is 0. The predicted octanol–water partition coefficient (Wildman–Crippen LogP) is 7.23. The van der Waals surface area contributed by atoms with Crippen LogP contribution in [0.4, 0.5) is 4.39 Å². The quantitative estimate of drug-likeness (QED) is 0.321. The van der Waals surface area contributed by atoms with Crippen molar-refractivity contribution in [3.05, 3.63) is 102 Å². The molecule has 0 aliphatic rings. The maximum Gasteiger partial charge on any atom is 0.307 e. The minimum Gasteiger partial charge on any atom is -0.460 e. The molecule has 0 aliphatic heterocycles. The number of benzene rings is 3. The Bertz CT molecular complexity index is 1150. The van der Waals surface area contributed by atoms with Gasteiger partial charge in [0.2, 0.25) is 0 Å². The first-order chi connectivity index (χ1) is 16.1. The van der Waals surface area contributed by atoms with Crippen LogP contribution in [0.2, 0.25) is 0 Å². The highest BCUT2D eigenvalue weighted by atomic mass is 32.2. The van der Waals surface area contributed by atoms with Crippen molar-refractivity contribution in [2.75, 3.05) is 0 Å². The molecule has 0 amide bonds. The average molecular weight is 479 g/mol. The fourth-order valence-corrected chi connectivity index (χ4v) is 4.77. The monoisotopic (exact) mass is 478 g/mol. The molecular formula is C29H31FO3S. The standard InChI is InChI=1S/C29H31FO3S/c1-21-14-18-24(19-15-21)34(32)26-13-9-8-12-25(26)28(30)23(20-27(31)33-29(2,3)4)17-16-22-10-6-5-7-11-22/h5-19,23,28H,20H2,1-4H3/b17-16+/t23-,28+,34-/m0/s1. The Hall–Kier alpha value is -3.05. The molecule has 0 saturated carbocycles. The number of esters is 1. The zero-order chi connectivity index (χ0) is 24.7. The number of aryl methyl sites for hydroxylation is 1. The molecule has 0 saturated heterocycles. The molecule has 0 heterocycles. The summed E-state index contributed by atoms with van der Waals surface area (Å²) in [4.78, 5) is 13.6. The summed E-state index contributed by atoms with van der Waals surface area (Å²) in [6, 6.07) is 23.7. The Labute approximate surface area is 204 Å². The van der Waals surface area contributed by atoms with E-state index in [2.05, 4.69) is 0 Å². The molecule has 3 aromatic carbocycles. The molecule has 5 heteroatoms. The highest BCUT2D eigenvalue weighted by Crippen LogP contribution is 2.35. The van der Waals surface area contributed by atoms with Crippen LogP contribution in [0.15, 0.2) is 94.7 Å². The molecule has 0 fully saturated rings. The normalized spacial score (nSPS) is 14.5. The zero-order valence-electron chi connectivity index (χ0n) is 20.0. The van der Waals surface area contributed by atoms with Crippen molar-refractivity contribution >= 4 is 22.8 Å². The SMILES string of the molecule is Cc1ccc([S@](=O)c2ccccc2[C@H](F)[C@@H](/C=C/c2ccccc2)CC(=O)OC(C)(C)C)cc1. The molecule has 0 N–H and O–H groups in total. The number of alkyl halides is 1. The summed E-state index contributed by atoms with van der Waals surface area (Å²) in [7, 11) is -1.55. The summed E-state index contributed by atoms with van der Waals surface area (Å²) < 4.78 is 34.9. The number of allylic oxidation sites excluding steroid dienone is 1. The molecule has 178 valence electrons. The Morgan fingerprint density at radius 3 is 2.24 bits per heavy atom. The number of rotatable bonds is 8. The molecule has 34 heavy (non-hydrogen) atoms. The number of ether oxygens (including phenoxy) is 1. The first-order valence-electron chi connectivity index (χ1n) is 11.3. The average Bonchev–Trinajstić information content (AvgIpc) is 2.81. The third-order valence-corrected chi connectivity index (χ3v) is 6.66. The van der Waals surface area contributed by atoms with Crippen LogP contribution in [0.5, 0.6) is 0 Å². The minimum absolute atomic E-state index is 0.132. The molecule has 0 radical (unpaired) electrons. The predicted molar refractivity (Wildman–Crippen MR) is 136 cm³/mol. The van der Waals surface area contributed by atoms with E-state index in [1.807, 2.05) is 49.4 Å². The Balaban J connectivity index is 1.94. The van der Waals surface area contributed by atoms with E-state index in [4.69, 9.17) is 4.74 Å². The molecule has 0 aliphatic carbocycles. The van der Waals surface area contributed by atoms with Crippen LogP contribution in [0.1, 0.15) is 50.1 Å². The summed E-state index contributed by atoms with van der Waals surface area (Å²) in [6.07, 6.45) is 1.84. The second kappa shape index (κ2) is 11.4. The van der Waals surface area contributed by atoms with Gasteiger partial charge in [-0.3, -0.25) is 4.79 Å². The molecule has 3 rings (SSSR count). The molecule has 0 spiro atoms. The molecule has 0 bridgehead atoms. The Morgan fingerprint density at radius 2 is 1.59 bits per heavy atom. The molecule has 3 atom stereocenters. The van der Waals surface area contributed by atoms with Crippen LogP contribution in [-0.4, -0.2) is 15.8 Å². The van der Waals surface area contributed by atoms with E-state index >= 15 is 4.39 Å². The van der Waals surface area contributed by atoms with E-state index in [1.54, 1.807) is 69.3 Å². The van der Waals surface area contributed by atoms with Crippen molar-refractivity contribution in [2.24, 2.45) is 5.92 Å². The van der Waals surface area contributed by atoms with E-state index in [1.165, 1.54) is 0 Å². The zero-order valence-corrected chi connectivity index (χ0v) is 20.8. The summed E-state index contributed by atoms with van der Waals surface area (Å²) in [5, 5.41) is 0. The summed E-state index contributed by atoms with van der Waals surface area (Å²) in [5.41, 5.74) is 1.61. The van der Waals surface area contributed by atoms with Crippen LogP contribution in [-0.2, 0) is 20.3 Å². The van der Waals surface area contributed by atoms with E-state index in [0.717, 1.165) is 11.1 Å². The van der Waals surface area contributed by atoms with Crippen LogP contribution in [0, 0.1) is 12.8 Å². The molecular weight excluding hydrogens is 447 g/mol. The van der Waals surface area contributed by atoms with Crippen molar-refractivity contribution in [1.82, 2.24) is 0 Å². The smallest absolute Gasteiger partial charge is 0.307 e. The van der Waals surface area contributed by atoms with Gasteiger partial charge in [0.1, 0.15) is 11.8 Å². The van der Waals surface area contributed by atoms with E-state index in [-0.39, 0.29) is 6.42 Å². The van der Waals surface area contributed by atoms with Gasteiger partial charge in [-0.2, -0.15) is 0 Å². The first-order valence-corrected chi connectivity index (χ1v) is 12.5. The van der Waals surface area contributed by atoms with Crippen molar-refractivity contribution in [1.29, 1.82) is 0 Å². The van der Waals surface area contributed by atoms with Gasteiger partial charge in [0, 0.05) is 21.3 Å². The van der Waals surface area contributed by atoms with Gasteiger partial charge in [0.25, 0.3) is 0 Å². The molecule has 0 unspecified atom stereocenters. The van der Waals surface area contributed by atoms with Gasteiger partial charge in [-0.1, -0.05) is 78.4 Å². The Morgan fingerprint density at radius 1 is 0.971 bits per heavy atom. The van der Waals surface area contributed by atoms with Crippen molar-refractivity contribution in [2.45, 2.75) is 55.7 Å². The van der Waals surface area contributed by atoms with E-state index < -0.39 is 34.5 Å². The fraction of sp³-hybridized carbons (Fsp3) is 0.276. The largest absolute Gasteiger partial charge is 0.460 e. The fourth-order valence-electron chi connectivity index (χ4n) is 3.54. The van der Waals surface area contributed by atoms with Gasteiger partial charge in [0.05, 0.1) is 17.2 Å². The van der Waals surface area contributed by atoms with E-state index in [0.29, 0.717) is 15.4 Å². The van der Waals surface area contributed by atoms with Gasteiger partial charge < -0.3 is 4.74 Å². The van der Waals surface area contributed by atoms with Gasteiger partial charge in [-0.05, 0) is 51.5 Å². The molecule has 3 aromatic rings. The third-order valence-electron chi connectivity index (χ3n) is 5.18. The third kappa shape index (κ3) is 7.22. The number of halogens is 1. The number of carbonyl (C=O) groups is 1. The highest BCUT2D eigenvalue weighted by molar-refractivity contribution is 7.85.